The van der Waals surface area contributed by atoms with Gasteiger partial charge in [0.2, 0.25) is 5.91 Å². The zero-order valence-corrected chi connectivity index (χ0v) is 25.0. The first-order chi connectivity index (χ1) is 20.8. The summed E-state index contributed by atoms with van der Waals surface area (Å²) in [6.45, 7) is 0. The SMILES string of the molecule is COc1ccc([C@@H](OC(=O)Nc2ccc(Br)cc2)[C@@H](CC/C=C/C(=O)Nc2ccccc2N)Oc2ccccc2)cc1O. The Morgan fingerprint density at radius 2 is 1.67 bits per heavy atom. The topological polar surface area (TPSA) is 132 Å². The quantitative estimate of drug-likeness (QED) is 0.0928. The molecule has 0 fully saturated rings. The van der Waals surface area contributed by atoms with Crippen molar-refractivity contribution in [3.8, 4) is 17.2 Å². The number of nitrogens with two attached hydrogens (primary N) is 1. The second-order valence-corrected chi connectivity index (χ2v) is 10.3. The van der Waals surface area contributed by atoms with Gasteiger partial charge in [0.15, 0.2) is 17.6 Å². The molecule has 0 spiro atoms. The lowest BCUT2D eigenvalue weighted by Crippen LogP contribution is -2.31. The number of nitrogens with one attached hydrogen (secondary N) is 2. The molecule has 4 aromatic carbocycles. The van der Waals surface area contributed by atoms with Crippen molar-refractivity contribution in [2.24, 2.45) is 0 Å². The van der Waals surface area contributed by atoms with E-state index in [1.54, 1.807) is 78.9 Å². The molecule has 0 saturated carbocycles. The number of phenols is 1. The van der Waals surface area contributed by atoms with Gasteiger partial charge in [0, 0.05) is 15.7 Å². The van der Waals surface area contributed by atoms with Crippen molar-refractivity contribution in [3.05, 3.63) is 119 Å². The number of para-hydroxylation sites is 3. The van der Waals surface area contributed by atoms with E-state index in [9.17, 15) is 14.7 Å². The molecule has 0 radical (unpaired) electrons. The molecule has 4 aromatic rings. The molecule has 2 atom stereocenters. The molecule has 0 aliphatic rings. The van der Waals surface area contributed by atoms with Gasteiger partial charge in [0.1, 0.15) is 11.9 Å². The molecule has 222 valence electrons. The molecule has 43 heavy (non-hydrogen) atoms. The Morgan fingerprint density at radius 3 is 2.37 bits per heavy atom. The molecule has 5 N–H and O–H groups in total. The van der Waals surface area contributed by atoms with Gasteiger partial charge in [0.05, 0.1) is 18.5 Å². The molecule has 0 bridgehead atoms. The fourth-order valence-electron chi connectivity index (χ4n) is 4.22. The van der Waals surface area contributed by atoms with Crippen LogP contribution in [0.5, 0.6) is 17.2 Å². The van der Waals surface area contributed by atoms with Crippen molar-refractivity contribution >= 4 is 45.0 Å². The third kappa shape index (κ3) is 9.27. The fourth-order valence-corrected chi connectivity index (χ4v) is 4.48. The van der Waals surface area contributed by atoms with Crippen molar-refractivity contribution in [2.45, 2.75) is 25.0 Å². The molecule has 2 amide bonds. The lowest BCUT2D eigenvalue weighted by Gasteiger charge is -2.28. The van der Waals surface area contributed by atoms with Crippen LogP contribution >= 0.6 is 15.9 Å². The average molecular weight is 647 g/mol. The summed E-state index contributed by atoms with van der Waals surface area (Å²) >= 11 is 3.38. The van der Waals surface area contributed by atoms with Crippen LogP contribution in [0.15, 0.2) is 114 Å². The van der Waals surface area contributed by atoms with E-state index in [2.05, 4.69) is 26.6 Å². The third-order valence-electron chi connectivity index (χ3n) is 6.33. The zero-order chi connectivity index (χ0) is 30.6. The standard InChI is InChI=1S/C33H32BrN3O6/c1-41-29-20-15-22(21-28(29)38)32(43-33(40)36-24-18-16-23(34)17-19-24)30(42-25-9-3-2-4-10-25)13-7-8-14-31(39)37-27-12-6-5-11-26(27)35/h2-6,8-12,14-21,30,32,38H,7,13,35H2,1H3,(H,36,40)(H,37,39)/b14-8+/t30-,32-/m1/s1. The summed E-state index contributed by atoms with van der Waals surface area (Å²) in [4.78, 5) is 25.6. The van der Waals surface area contributed by atoms with Crippen LogP contribution < -0.4 is 25.8 Å². The molecule has 0 aromatic heterocycles. The van der Waals surface area contributed by atoms with E-state index in [1.807, 2.05) is 18.2 Å². The van der Waals surface area contributed by atoms with Crippen LogP contribution in [0, 0.1) is 0 Å². The fraction of sp³-hybridized carbons (Fsp3) is 0.152. The number of ether oxygens (including phenoxy) is 3. The number of carbonyl (C=O) groups excluding carboxylic acids is 2. The van der Waals surface area contributed by atoms with E-state index < -0.39 is 18.3 Å². The lowest BCUT2D eigenvalue weighted by molar-refractivity contribution is -0.111. The highest BCUT2D eigenvalue weighted by molar-refractivity contribution is 9.10. The maximum atomic E-state index is 13.1. The van der Waals surface area contributed by atoms with Gasteiger partial charge < -0.3 is 30.4 Å². The normalized spacial score (nSPS) is 12.2. The summed E-state index contributed by atoms with van der Waals surface area (Å²) in [7, 11) is 1.45. The average Bonchev–Trinajstić information content (AvgIpc) is 3.00. The summed E-state index contributed by atoms with van der Waals surface area (Å²) < 4.78 is 18.3. The number of hydrogen-bond acceptors (Lipinski definition) is 7. The van der Waals surface area contributed by atoms with Crippen molar-refractivity contribution in [1.82, 2.24) is 0 Å². The maximum absolute atomic E-state index is 13.1. The molecular formula is C33H32BrN3O6. The summed E-state index contributed by atoms with van der Waals surface area (Å²) in [6, 6.07) is 27.9. The number of benzene rings is 4. The van der Waals surface area contributed by atoms with E-state index in [-0.39, 0.29) is 17.4 Å². The van der Waals surface area contributed by atoms with E-state index in [0.717, 1.165) is 4.47 Å². The summed E-state index contributed by atoms with van der Waals surface area (Å²) in [5, 5.41) is 16.0. The van der Waals surface area contributed by atoms with Gasteiger partial charge in [-0.2, -0.15) is 0 Å². The second-order valence-electron chi connectivity index (χ2n) is 9.41. The van der Waals surface area contributed by atoms with E-state index in [0.29, 0.717) is 41.2 Å². The highest BCUT2D eigenvalue weighted by Gasteiger charge is 2.30. The van der Waals surface area contributed by atoms with Gasteiger partial charge in [0.25, 0.3) is 0 Å². The molecule has 0 unspecified atom stereocenters. The van der Waals surface area contributed by atoms with Crippen LogP contribution in [-0.4, -0.2) is 30.3 Å². The highest BCUT2D eigenvalue weighted by atomic mass is 79.9. The van der Waals surface area contributed by atoms with Gasteiger partial charge in [-0.25, -0.2) is 4.79 Å². The summed E-state index contributed by atoms with van der Waals surface area (Å²) in [5.41, 5.74) is 7.93. The molecule has 0 aliphatic heterocycles. The smallest absolute Gasteiger partial charge is 0.412 e. The molecule has 10 heteroatoms. The molecule has 0 saturated heterocycles. The Morgan fingerprint density at radius 1 is 0.953 bits per heavy atom. The molecule has 4 rings (SSSR count). The number of amides is 2. The monoisotopic (exact) mass is 645 g/mol. The van der Waals surface area contributed by atoms with Gasteiger partial charge in [-0.15, -0.1) is 0 Å². The molecular weight excluding hydrogens is 614 g/mol. The van der Waals surface area contributed by atoms with Crippen LogP contribution in [0.1, 0.15) is 24.5 Å². The highest BCUT2D eigenvalue weighted by Crippen LogP contribution is 2.34. The Kier molecular flexibility index (Phi) is 11.0. The number of carbonyl (C=O) groups is 2. The van der Waals surface area contributed by atoms with E-state index in [4.69, 9.17) is 19.9 Å². The molecule has 0 aliphatic carbocycles. The number of rotatable bonds is 12. The minimum Gasteiger partial charge on any atom is -0.504 e. The first-order valence-electron chi connectivity index (χ1n) is 13.5. The van der Waals surface area contributed by atoms with Crippen LogP contribution in [-0.2, 0) is 9.53 Å². The minimum absolute atomic E-state index is 0.114. The minimum atomic E-state index is -0.946. The number of methoxy groups -OCH3 is 1. The van der Waals surface area contributed by atoms with Gasteiger partial charge >= 0.3 is 6.09 Å². The predicted octanol–water partition coefficient (Wildman–Crippen LogP) is 7.46. The number of phenolic OH excluding ortho intramolecular Hbond substituents is 1. The largest absolute Gasteiger partial charge is 0.504 e. The summed E-state index contributed by atoms with van der Waals surface area (Å²) in [6.07, 6.45) is 1.53. The Bertz CT molecular complexity index is 1550. The molecule has 9 nitrogen and oxygen atoms in total. The Hall–Kier alpha value is -4.96. The molecule has 0 heterocycles. The first kappa shape index (κ1) is 31.0. The number of halogens is 1. The number of nitrogen functional groups attached to an aromatic ring is 1. The van der Waals surface area contributed by atoms with Crippen LogP contribution in [0.3, 0.4) is 0 Å². The number of hydrogen-bond donors (Lipinski definition) is 4. The van der Waals surface area contributed by atoms with Gasteiger partial charge in [-0.3, -0.25) is 10.1 Å². The number of aromatic hydroxyl groups is 1. The van der Waals surface area contributed by atoms with E-state index >= 15 is 0 Å². The van der Waals surface area contributed by atoms with Crippen molar-refractivity contribution in [2.75, 3.05) is 23.5 Å². The third-order valence-corrected chi connectivity index (χ3v) is 6.86. The first-order valence-corrected chi connectivity index (χ1v) is 14.3. The van der Waals surface area contributed by atoms with Crippen molar-refractivity contribution < 1.29 is 28.9 Å². The Balaban J connectivity index is 1.56. The maximum Gasteiger partial charge on any atom is 0.412 e. The van der Waals surface area contributed by atoms with Crippen molar-refractivity contribution in [1.29, 1.82) is 0 Å². The summed E-state index contributed by atoms with van der Waals surface area (Å²) in [5.74, 6) is 0.390. The van der Waals surface area contributed by atoms with Crippen LogP contribution in [0.25, 0.3) is 0 Å². The van der Waals surface area contributed by atoms with Gasteiger partial charge in [-0.05, 0) is 79.6 Å². The van der Waals surface area contributed by atoms with E-state index in [1.165, 1.54) is 19.3 Å². The van der Waals surface area contributed by atoms with Crippen LogP contribution in [0.2, 0.25) is 0 Å². The Labute approximate surface area is 258 Å². The second kappa shape index (κ2) is 15.3. The van der Waals surface area contributed by atoms with Crippen LogP contribution in [0.4, 0.5) is 21.9 Å². The number of allylic oxidation sites excluding steroid dienone is 1. The number of anilines is 3. The van der Waals surface area contributed by atoms with Gasteiger partial charge in [-0.1, -0.05) is 58.4 Å². The zero-order valence-electron chi connectivity index (χ0n) is 23.4. The lowest BCUT2D eigenvalue weighted by atomic mass is 9.99. The van der Waals surface area contributed by atoms with Crippen molar-refractivity contribution in [3.63, 3.8) is 0 Å². The predicted molar refractivity (Wildman–Crippen MR) is 170 cm³/mol.